The summed E-state index contributed by atoms with van der Waals surface area (Å²) in [7, 11) is -3.85. The molecule has 4 rings (SSSR count). The third-order valence-corrected chi connectivity index (χ3v) is 5.29. The van der Waals surface area contributed by atoms with Crippen LogP contribution >= 0.6 is 0 Å². The van der Waals surface area contributed by atoms with Gasteiger partial charge in [0.25, 0.3) is 15.6 Å². The van der Waals surface area contributed by atoms with Crippen molar-refractivity contribution in [3.8, 4) is 5.75 Å². The maximum absolute atomic E-state index is 12.6. The first kappa shape index (κ1) is 15.3. The van der Waals surface area contributed by atoms with Crippen molar-refractivity contribution in [3.63, 3.8) is 0 Å². The Labute approximate surface area is 142 Å². The fraction of sp³-hybridized carbons (Fsp3) is 0. The van der Waals surface area contributed by atoms with Crippen molar-refractivity contribution in [2.24, 2.45) is 0 Å². The van der Waals surface area contributed by atoms with Crippen molar-refractivity contribution >= 4 is 37.5 Å². The minimum absolute atomic E-state index is 0.0367. The van der Waals surface area contributed by atoms with Crippen molar-refractivity contribution in [2.75, 3.05) is 4.72 Å². The number of nitrogens with one attached hydrogen (secondary N) is 3. The normalized spacial score (nSPS) is 11.8. The fourth-order valence-corrected chi connectivity index (χ4v) is 3.85. The van der Waals surface area contributed by atoms with E-state index >= 15 is 0 Å². The lowest BCUT2D eigenvalue weighted by molar-refractivity contribution is 0.475. The lowest BCUT2D eigenvalue weighted by Crippen LogP contribution is -2.13. The van der Waals surface area contributed by atoms with Crippen LogP contribution in [0.15, 0.2) is 64.4 Å². The number of hydrogen-bond acceptors (Lipinski definition) is 4. The zero-order valence-corrected chi connectivity index (χ0v) is 13.6. The molecular weight excluding hydrogens is 342 g/mol. The molecule has 4 aromatic rings. The number of rotatable bonds is 3. The third-order valence-electron chi connectivity index (χ3n) is 3.91. The van der Waals surface area contributed by atoms with Gasteiger partial charge in [-0.2, -0.15) is 0 Å². The summed E-state index contributed by atoms with van der Waals surface area (Å²) >= 11 is 0. The zero-order chi connectivity index (χ0) is 17.6. The number of aromatic hydroxyl groups is 1. The monoisotopic (exact) mass is 355 g/mol. The Hall–Kier alpha value is -3.26. The van der Waals surface area contributed by atoms with E-state index < -0.39 is 10.0 Å². The fourth-order valence-electron chi connectivity index (χ4n) is 2.77. The first-order valence-electron chi connectivity index (χ1n) is 7.39. The summed E-state index contributed by atoms with van der Waals surface area (Å²) in [6.07, 6.45) is 1.63. The van der Waals surface area contributed by atoms with E-state index in [0.717, 1.165) is 0 Å². The number of aromatic nitrogens is 2. The number of benzene rings is 2. The van der Waals surface area contributed by atoms with E-state index in [-0.39, 0.29) is 21.9 Å². The Morgan fingerprint density at radius 2 is 1.84 bits per heavy atom. The van der Waals surface area contributed by atoms with Gasteiger partial charge < -0.3 is 15.1 Å². The van der Waals surface area contributed by atoms with E-state index in [1.807, 2.05) is 0 Å². The molecule has 2 aromatic carbocycles. The molecule has 0 atom stereocenters. The van der Waals surface area contributed by atoms with E-state index in [1.54, 1.807) is 30.5 Å². The van der Waals surface area contributed by atoms with Gasteiger partial charge in [0.05, 0.1) is 10.6 Å². The third kappa shape index (κ3) is 2.62. The van der Waals surface area contributed by atoms with Crippen molar-refractivity contribution < 1.29 is 13.5 Å². The lowest BCUT2D eigenvalue weighted by atomic mass is 10.1. The summed E-state index contributed by atoms with van der Waals surface area (Å²) in [5, 5.41) is 10.7. The summed E-state index contributed by atoms with van der Waals surface area (Å²) in [5.41, 5.74) is 0.936. The first-order chi connectivity index (χ1) is 11.9. The number of fused-ring (bicyclic) bond motifs is 3. The number of pyridine rings is 1. The van der Waals surface area contributed by atoms with Crippen LogP contribution in [0.3, 0.4) is 0 Å². The van der Waals surface area contributed by atoms with Crippen LogP contribution in [0.5, 0.6) is 5.75 Å². The van der Waals surface area contributed by atoms with Crippen molar-refractivity contribution in [3.05, 3.63) is 65.1 Å². The Morgan fingerprint density at radius 3 is 2.64 bits per heavy atom. The summed E-state index contributed by atoms with van der Waals surface area (Å²) in [4.78, 5) is 17.6. The minimum Gasteiger partial charge on any atom is -0.508 e. The highest BCUT2D eigenvalue weighted by Crippen LogP contribution is 2.25. The molecule has 0 spiro atoms. The van der Waals surface area contributed by atoms with Crippen LogP contribution in [-0.4, -0.2) is 23.5 Å². The Morgan fingerprint density at radius 1 is 1.00 bits per heavy atom. The average molecular weight is 355 g/mol. The molecule has 0 saturated carbocycles. The molecule has 7 nitrogen and oxygen atoms in total. The number of phenols is 1. The standard InChI is InChI=1S/C17H13N3O4S/c21-11-3-1-2-10(8-11)20-25(23,24)12-4-5-15-14(9-12)13-6-7-18-16(13)17(22)19-15/h1-9,18,20-21H,(H,19,22). The quantitative estimate of drug-likeness (QED) is 0.452. The molecule has 0 aliphatic rings. The van der Waals surface area contributed by atoms with Gasteiger partial charge in [0, 0.05) is 28.6 Å². The van der Waals surface area contributed by atoms with Crippen LogP contribution in [0, 0.1) is 0 Å². The Balaban J connectivity index is 1.86. The molecule has 25 heavy (non-hydrogen) atoms. The number of sulfonamides is 1. The smallest absolute Gasteiger partial charge is 0.272 e. The molecule has 0 amide bonds. The molecular formula is C17H13N3O4S. The van der Waals surface area contributed by atoms with Crippen LogP contribution in [0.2, 0.25) is 0 Å². The number of phenolic OH excluding ortho intramolecular Hbond substituents is 1. The molecule has 0 saturated heterocycles. The van der Waals surface area contributed by atoms with Gasteiger partial charge in [-0.3, -0.25) is 9.52 Å². The summed E-state index contributed by atoms with van der Waals surface area (Å²) in [6.45, 7) is 0. The summed E-state index contributed by atoms with van der Waals surface area (Å²) in [5.74, 6) is -0.0367. The Bertz CT molecular complexity index is 1270. The molecule has 0 fully saturated rings. The SMILES string of the molecule is O=c1[nH]c2ccc(S(=O)(=O)Nc3cccc(O)c3)cc2c2cc[nH]c12. The topological polar surface area (TPSA) is 115 Å². The minimum atomic E-state index is -3.85. The van der Waals surface area contributed by atoms with Crippen molar-refractivity contribution in [1.82, 2.24) is 9.97 Å². The van der Waals surface area contributed by atoms with Crippen LogP contribution in [-0.2, 0) is 10.0 Å². The highest BCUT2D eigenvalue weighted by Gasteiger charge is 2.16. The average Bonchev–Trinajstić information content (AvgIpc) is 3.05. The first-order valence-corrected chi connectivity index (χ1v) is 8.87. The van der Waals surface area contributed by atoms with Crippen molar-refractivity contribution in [1.29, 1.82) is 0 Å². The molecule has 8 heteroatoms. The number of hydrogen-bond donors (Lipinski definition) is 4. The van der Waals surface area contributed by atoms with Gasteiger partial charge in [-0.1, -0.05) is 6.07 Å². The summed E-state index contributed by atoms with van der Waals surface area (Å²) in [6, 6.07) is 12.1. The number of aromatic amines is 2. The second kappa shape index (κ2) is 5.38. The maximum Gasteiger partial charge on any atom is 0.272 e. The van der Waals surface area contributed by atoms with Gasteiger partial charge >= 0.3 is 0 Å². The van der Waals surface area contributed by atoms with E-state index in [0.29, 0.717) is 21.8 Å². The second-order valence-corrected chi connectivity index (χ2v) is 7.27. The molecule has 0 aliphatic heterocycles. The van der Waals surface area contributed by atoms with E-state index in [2.05, 4.69) is 14.7 Å². The number of H-pyrrole nitrogens is 2. The highest BCUT2D eigenvalue weighted by molar-refractivity contribution is 7.92. The van der Waals surface area contributed by atoms with E-state index in [9.17, 15) is 18.3 Å². The molecule has 126 valence electrons. The van der Waals surface area contributed by atoms with Gasteiger partial charge in [0.1, 0.15) is 11.3 Å². The van der Waals surface area contributed by atoms with Crippen LogP contribution in [0.25, 0.3) is 21.8 Å². The lowest BCUT2D eigenvalue weighted by Gasteiger charge is -2.09. The second-order valence-electron chi connectivity index (χ2n) is 5.58. The molecule has 4 N–H and O–H groups in total. The van der Waals surface area contributed by atoms with Crippen molar-refractivity contribution in [2.45, 2.75) is 4.90 Å². The molecule has 0 bridgehead atoms. The molecule has 0 aliphatic carbocycles. The zero-order valence-electron chi connectivity index (χ0n) is 12.8. The largest absolute Gasteiger partial charge is 0.508 e. The van der Waals surface area contributed by atoms with Crippen LogP contribution in [0.1, 0.15) is 0 Å². The van der Waals surface area contributed by atoms with Gasteiger partial charge in [-0.15, -0.1) is 0 Å². The number of anilines is 1. The van der Waals surface area contributed by atoms with Crippen LogP contribution < -0.4 is 10.3 Å². The van der Waals surface area contributed by atoms with Gasteiger partial charge in [-0.05, 0) is 36.4 Å². The van der Waals surface area contributed by atoms with Gasteiger partial charge in [0.2, 0.25) is 0 Å². The van der Waals surface area contributed by atoms with E-state index in [1.165, 1.54) is 24.3 Å². The molecule has 2 heterocycles. The maximum atomic E-state index is 12.6. The van der Waals surface area contributed by atoms with E-state index in [4.69, 9.17) is 0 Å². The molecule has 0 unspecified atom stereocenters. The molecule has 2 aromatic heterocycles. The summed E-state index contributed by atoms with van der Waals surface area (Å²) < 4.78 is 27.7. The Kier molecular flexibility index (Phi) is 3.29. The predicted molar refractivity (Wildman–Crippen MR) is 95.3 cm³/mol. The van der Waals surface area contributed by atoms with Crippen LogP contribution in [0.4, 0.5) is 5.69 Å². The highest BCUT2D eigenvalue weighted by atomic mass is 32.2. The predicted octanol–water partition coefficient (Wildman–Crippen LogP) is 2.52. The van der Waals surface area contributed by atoms with Gasteiger partial charge in [0.15, 0.2) is 0 Å². The van der Waals surface area contributed by atoms with Gasteiger partial charge in [-0.25, -0.2) is 8.42 Å². The molecule has 0 radical (unpaired) electrons.